The predicted octanol–water partition coefficient (Wildman–Crippen LogP) is 3.25. The van der Waals surface area contributed by atoms with Crippen LogP contribution in [0.5, 0.6) is 11.5 Å². The number of piperidine rings is 1. The number of hydrogen-bond acceptors (Lipinski definition) is 5. The minimum atomic E-state index is -0.0553. The number of carbonyl (C=O) groups excluding carboxylic acids is 2. The lowest BCUT2D eigenvalue weighted by molar-refractivity contribution is -0.139. The van der Waals surface area contributed by atoms with E-state index in [-0.39, 0.29) is 24.3 Å². The first-order valence-electron chi connectivity index (χ1n) is 11.1. The van der Waals surface area contributed by atoms with Crippen molar-refractivity contribution in [2.24, 2.45) is 5.92 Å². The Hall–Kier alpha value is -3.01. The molecule has 0 unspecified atom stereocenters. The average Bonchev–Trinajstić information content (AvgIpc) is 3.10. The molecule has 0 N–H and O–H groups in total. The lowest BCUT2D eigenvalue weighted by Gasteiger charge is -2.33. The molecule has 3 rings (SSSR count). The smallest absolute Gasteiger partial charge is 0.246 e. The molecule has 7 heteroatoms. The van der Waals surface area contributed by atoms with E-state index >= 15 is 0 Å². The average molecular weight is 426 g/mol. The van der Waals surface area contributed by atoms with Gasteiger partial charge in [-0.1, -0.05) is 18.9 Å². The van der Waals surface area contributed by atoms with E-state index in [4.69, 9.17) is 14.7 Å². The van der Waals surface area contributed by atoms with Gasteiger partial charge in [0.15, 0.2) is 18.1 Å². The van der Waals surface area contributed by atoms with E-state index in [1.165, 1.54) is 20.0 Å². The Morgan fingerprint density at radius 3 is 2.42 bits per heavy atom. The third kappa shape index (κ3) is 6.24. The maximum absolute atomic E-state index is 12.8. The lowest BCUT2D eigenvalue weighted by Crippen LogP contribution is -2.44. The fourth-order valence-corrected chi connectivity index (χ4v) is 4.19. The van der Waals surface area contributed by atoms with Gasteiger partial charge in [0, 0.05) is 38.2 Å². The van der Waals surface area contributed by atoms with Gasteiger partial charge in [0.1, 0.15) is 6.07 Å². The maximum atomic E-state index is 12.8. The van der Waals surface area contributed by atoms with Crippen molar-refractivity contribution in [1.29, 1.82) is 5.26 Å². The second-order valence-corrected chi connectivity index (χ2v) is 8.03. The Morgan fingerprint density at radius 1 is 1.06 bits per heavy atom. The van der Waals surface area contributed by atoms with Crippen LogP contribution >= 0.6 is 0 Å². The largest absolute Gasteiger partial charge is 0.493 e. The summed E-state index contributed by atoms with van der Waals surface area (Å²) in [5, 5.41) is 8.65. The number of hydrogen-bond donors (Lipinski definition) is 0. The molecule has 7 nitrogen and oxygen atoms in total. The highest BCUT2D eigenvalue weighted by Crippen LogP contribution is 2.28. The third-order valence-electron chi connectivity index (χ3n) is 5.97. The van der Waals surface area contributed by atoms with Gasteiger partial charge < -0.3 is 19.3 Å². The highest BCUT2D eigenvalue weighted by atomic mass is 16.5. The van der Waals surface area contributed by atoms with Crippen molar-refractivity contribution in [2.75, 3.05) is 39.9 Å². The molecule has 2 saturated heterocycles. The van der Waals surface area contributed by atoms with Gasteiger partial charge in [-0.05, 0) is 49.5 Å². The summed E-state index contributed by atoms with van der Waals surface area (Å²) in [5.74, 6) is 1.26. The summed E-state index contributed by atoms with van der Waals surface area (Å²) in [6.45, 7) is 2.92. The van der Waals surface area contributed by atoms with Crippen molar-refractivity contribution >= 4 is 17.9 Å². The molecule has 0 spiro atoms. The van der Waals surface area contributed by atoms with Crippen molar-refractivity contribution in [3.8, 4) is 17.6 Å². The van der Waals surface area contributed by atoms with Crippen molar-refractivity contribution in [1.82, 2.24) is 9.80 Å². The van der Waals surface area contributed by atoms with Gasteiger partial charge in [-0.15, -0.1) is 0 Å². The Labute approximate surface area is 184 Å². The highest BCUT2D eigenvalue weighted by Gasteiger charge is 2.29. The minimum Gasteiger partial charge on any atom is -0.493 e. The first-order valence-corrected chi connectivity index (χ1v) is 11.1. The highest BCUT2D eigenvalue weighted by molar-refractivity contribution is 5.92. The van der Waals surface area contributed by atoms with Gasteiger partial charge >= 0.3 is 0 Å². The van der Waals surface area contributed by atoms with E-state index in [2.05, 4.69) is 0 Å². The van der Waals surface area contributed by atoms with E-state index in [1.54, 1.807) is 24.3 Å². The van der Waals surface area contributed by atoms with Crippen LogP contribution in [0.1, 0.15) is 44.1 Å². The normalized spacial score (nSPS) is 17.8. The van der Waals surface area contributed by atoms with Crippen LogP contribution in [-0.2, 0) is 9.59 Å². The molecule has 2 amide bonds. The van der Waals surface area contributed by atoms with Crippen molar-refractivity contribution in [3.63, 3.8) is 0 Å². The molecule has 0 atom stereocenters. The molecule has 2 fully saturated rings. The van der Waals surface area contributed by atoms with Crippen LogP contribution in [0.3, 0.4) is 0 Å². The zero-order valence-corrected chi connectivity index (χ0v) is 18.2. The molecule has 166 valence electrons. The van der Waals surface area contributed by atoms with Gasteiger partial charge in [-0.3, -0.25) is 9.59 Å². The summed E-state index contributed by atoms with van der Waals surface area (Å²) in [6.07, 6.45) is 9.39. The van der Waals surface area contributed by atoms with Crippen LogP contribution in [0, 0.1) is 17.2 Å². The Morgan fingerprint density at radius 2 is 1.77 bits per heavy atom. The summed E-state index contributed by atoms with van der Waals surface area (Å²) >= 11 is 0. The number of ether oxygens (including phenoxy) is 2. The van der Waals surface area contributed by atoms with Crippen LogP contribution in [0.15, 0.2) is 24.3 Å². The Balaban J connectivity index is 1.52. The Kier molecular flexibility index (Phi) is 8.34. The van der Waals surface area contributed by atoms with Crippen molar-refractivity contribution in [2.45, 2.75) is 38.5 Å². The minimum absolute atomic E-state index is 0.0383. The summed E-state index contributed by atoms with van der Waals surface area (Å²) < 4.78 is 10.6. The maximum Gasteiger partial charge on any atom is 0.246 e. The second-order valence-electron chi connectivity index (χ2n) is 8.03. The number of nitrogens with zero attached hydrogens (tertiary/aromatic N) is 3. The molecular weight excluding hydrogens is 394 g/mol. The molecule has 1 aromatic rings. The molecule has 0 aromatic heterocycles. The number of nitriles is 1. The first-order chi connectivity index (χ1) is 15.1. The molecule has 0 radical (unpaired) electrons. The number of likely N-dealkylation sites (tertiary alicyclic amines) is 2. The first kappa shape index (κ1) is 22.7. The van der Waals surface area contributed by atoms with E-state index < -0.39 is 0 Å². The number of methoxy groups -OCH3 is 1. The summed E-state index contributed by atoms with van der Waals surface area (Å²) in [7, 11) is 1.53. The molecule has 2 aliphatic heterocycles. The number of amides is 2. The summed E-state index contributed by atoms with van der Waals surface area (Å²) in [5.41, 5.74) is 0.806. The molecule has 31 heavy (non-hydrogen) atoms. The number of carbonyl (C=O) groups is 2. The quantitative estimate of drug-likeness (QED) is 0.654. The fraction of sp³-hybridized carbons (Fsp3) is 0.542. The van der Waals surface area contributed by atoms with Gasteiger partial charge in [-0.2, -0.15) is 5.26 Å². The van der Waals surface area contributed by atoms with E-state index in [0.717, 1.165) is 44.3 Å². The van der Waals surface area contributed by atoms with E-state index in [9.17, 15) is 9.59 Å². The monoisotopic (exact) mass is 425 g/mol. The molecule has 2 aliphatic rings. The molecule has 2 heterocycles. The van der Waals surface area contributed by atoms with Crippen molar-refractivity contribution < 1.29 is 19.1 Å². The topological polar surface area (TPSA) is 82.9 Å². The van der Waals surface area contributed by atoms with Crippen LogP contribution in [0.4, 0.5) is 0 Å². The van der Waals surface area contributed by atoms with Gasteiger partial charge in [0.25, 0.3) is 0 Å². The number of benzene rings is 1. The fourth-order valence-electron chi connectivity index (χ4n) is 4.19. The van der Waals surface area contributed by atoms with Crippen molar-refractivity contribution in [3.05, 3.63) is 29.8 Å². The SMILES string of the molecule is COc1cc(/C=C/C(=O)N2CCC(C(=O)N3CCCCCC3)CC2)ccc1OCC#N. The Bertz CT molecular complexity index is 830. The zero-order valence-electron chi connectivity index (χ0n) is 18.2. The molecule has 0 saturated carbocycles. The van der Waals surface area contributed by atoms with Crippen LogP contribution in [0.2, 0.25) is 0 Å². The number of rotatable bonds is 6. The van der Waals surface area contributed by atoms with Crippen LogP contribution in [0.25, 0.3) is 6.08 Å². The predicted molar refractivity (Wildman–Crippen MR) is 117 cm³/mol. The van der Waals surface area contributed by atoms with E-state index in [1.807, 2.05) is 21.9 Å². The summed E-state index contributed by atoms with van der Waals surface area (Å²) in [6, 6.07) is 7.22. The molecule has 0 bridgehead atoms. The second kappa shape index (κ2) is 11.4. The summed E-state index contributed by atoms with van der Waals surface area (Å²) in [4.78, 5) is 29.3. The van der Waals surface area contributed by atoms with Crippen LogP contribution in [-0.4, -0.2) is 61.5 Å². The molecule has 0 aliphatic carbocycles. The van der Waals surface area contributed by atoms with Crippen LogP contribution < -0.4 is 9.47 Å². The van der Waals surface area contributed by atoms with Gasteiger partial charge in [-0.25, -0.2) is 0 Å². The standard InChI is InChI=1S/C24H31N3O4/c1-30-22-18-19(6-8-21(22)31-17-12-25)7-9-23(28)26-15-10-20(11-16-26)24(29)27-13-4-2-3-5-14-27/h6-9,18,20H,2-5,10-11,13-17H2,1H3/b9-7+. The van der Waals surface area contributed by atoms with Gasteiger partial charge in [0.2, 0.25) is 11.8 Å². The molecular formula is C24H31N3O4. The molecule has 1 aromatic carbocycles. The third-order valence-corrected chi connectivity index (χ3v) is 5.97. The lowest BCUT2D eigenvalue weighted by atomic mass is 9.95. The zero-order chi connectivity index (χ0) is 22.1. The van der Waals surface area contributed by atoms with E-state index in [0.29, 0.717) is 24.6 Å². The van der Waals surface area contributed by atoms with Gasteiger partial charge in [0.05, 0.1) is 7.11 Å².